The zero-order valence-corrected chi connectivity index (χ0v) is 17.5. The van der Waals surface area contributed by atoms with E-state index in [1.54, 1.807) is 20.0 Å². The molecule has 29 heavy (non-hydrogen) atoms. The monoisotopic (exact) mass is 413 g/mol. The first-order chi connectivity index (χ1) is 13.6. The molecule has 2 rings (SSSR count). The number of esters is 1. The number of hydrogen-bond donors (Lipinski definition) is 1. The smallest absolute Gasteiger partial charge is 0.416 e. The molecule has 0 spiro atoms. The number of likely N-dealkylation sites (tertiary alicyclic amines) is 1. The molecule has 0 unspecified atom stereocenters. The molecule has 1 saturated heterocycles. The van der Waals surface area contributed by atoms with E-state index < -0.39 is 17.2 Å². The maximum absolute atomic E-state index is 13.0. The molecule has 162 valence electrons. The Labute approximate surface area is 170 Å². The highest BCUT2D eigenvalue weighted by Gasteiger charge is 2.33. The molecule has 8 heteroatoms. The van der Waals surface area contributed by atoms with Crippen LogP contribution < -0.4 is 5.32 Å². The van der Waals surface area contributed by atoms with Crippen molar-refractivity contribution < 1.29 is 22.7 Å². The highest BCUT2D eigenvalue weighted by molar-refractivity contribution is 5.80. The molecule has 5 nitrogen and oxygen atoms in total. The van der Waals surface area contributed by atoms with Gasteiger partial charge >= 0.3 is 12.1 Å². The third kappa shape index (κ3) is 6.11. The largest absolute Gasteiger partial charge is 0.466 e. The van der Waals surface area contributed by atoms with Gasteiger partial charge in [-0.2, -0.15) is 13.2 Å². The first-order valence-corrected chi connectivity index (χ1v) is 9.88. The molecule has 0 aromatic heterocycles. The van der Waals surface area contributed by atoms with Gasteiger partial charge in [-0.1, -0.05) is 32.0 Å². The summed E-state index contributed by atoms with van der Waals surface area (Å²) in [7, 11) is 1.68. The number of halogens is 3. The van der Waals surface area contributed by atoms with Gasteiger partial charge in [0, 0.05) is 32.1 Å². The molecule has 0 saturated carbocycles. The third-order valence-electron chi connectivity index (χ3n) is 5.29. The molecule has 1 N–H and O–H groups in total. The average molecular weight is 413 g/mol. The van der Waals surface area contributed by atoms with Crippen LogP contribution in [0.5, 0.6) is 0 Å². The summed E-state index contributed by atoms with van der Waals surface area (Å²) >= 11 is 0. The molecular weight excluding hydrogens is 383 g/mol. The van der Waals surface area contributed by atoms with Crippen molar-refractivity contribution in [2.75, 3.05) is 33.3 Å². The summed E-state index contributed by atoms with van der Waals surface area (Å²) in [6.07, 6.45) is -2.98. The second kappa shape index (κ2) is 9.50. The van der Waals surface area contributed by atoms with E-state index >= 15 is 0 Å². The molecule has 1 aromatic carbocycles. The maximum atomic E-state index is 13.0. The zero-order valence-electron chi connectivity index (χ0n) is 17.5. The van der Waals surface area contributed by atoms with E-state index in [-0.39, 0.29) is 11.9 Å². The number of aliphatic imine (C=N–C) groups is 1. The van der Waals surface area contributed by atoms with Crippen LogP contribution in [0.3, 0.4) is 0 Å². The minimum atomic E-state index is -4.36. The van der Waals surface area contributed by atoms with Gasteiger partial charge in [0.1, 0.15) is 0 Å². The lowest BCUT2D eigenvalue weighted by atomic mass is 9.83. The van der Waals surface area contributed by atoms with Crippen LogP contribution in [0.15, 0.2) is 29.3 Å². The van der Waals surface area contributed by atoms with Crippen LogP contribution >= 0.6 is 0 Å². The highest BCUT2D eigenvalue weighted by atomic mass is 19.4. The zero-order chi connectivity index (χ0) is 21.7. The molecule has 1 aliphatic heterocycles. The van der Waals surface area contributed by atoms with E-state index in [2.05, 4.69) is 15.2 Å². The Kier molecular flexibility index (Phi) is 7.54. The van der Waals surface area contributed by atoms with Gasteiger partial charge in [0.25, 0.3) is 0 Å². The van der Waals surface area contributed by atoms with Crippen molar-refractivity contribution in [3.63, 3.8) is 0 Å². The normalized spacial score (nSPS) is 16.7. The van der Waals surface area contributed by atoms with E-state index in [1.165, 1.54) is 12.1 Å². The summed E-state index contributed by atoms with van der Waals surface area (Å²) in [6, 6.07) is 5.44. The Bertz CT molecular complexity index is 724. The number of nitrogens with one attached hydrogen (secondary N) is 1. The van der Waals surface area contributed by atoms with E-state index in [9.17, 15) is 18.0 Å². The van der Waals surface area contributed by atoms with Gasteiger partial charge < -0.3 is 15.0 Å². The fourth-order valence-electron chi connectivity index (χ4n) is 3.44. The Morgan fingerprint density at radius 1 is 1.24 bits per heavy atom. The summed E-state index contributed by atoms with van der Waals surface area (Å²) in [5, 5.41) is 3.28. The molecular formula is C21H30F3N3O2. The number of nitrogens with zero attached hydrogens (tertiary/aromatic N) is 2. The van der Waals surface area contributed by atoms with Crippen LogP contribution in [0.1, 0.15) is 44.7 Å². The molecule has 0 amide bonds. The van der Waals surface area contributed by atoms with Crippen LogP contribution in [0.4, 0.5) is 13.2 Å². The molecule has 1 aromatic rings. The number of ether oxygens (including phenoxy) is 1. The summed E-state index contributed by atoms with van der Waals surface area (Å²) in [6.45, 7) is 7.75. The summed E-state index contributed by atoms with van der Waals surface area (Å²) in [5.41, 5.74) is -0.565. The fourth-order valence-corrected chi connectivity index (χ4v) is 3.44. The first-order valence-electron chi connectivity index (χ1n) is 9.88. The standard InChI is InChI=1S/C21H30F3N3O2/c1-5-29-18(28)15-9-11-27(12-10-15)19(25-4)26-14-20(2,3)16-7-6-8-17(13-16)21(22,23)24/h6-8,13,15H,5,9-12,14H2,1-4H3,(H,25,26). The van der Waals surface area contributed by atoms with E-state index in [0.717, 1.165) is 6.07 Å². The average Bonchev–Trinajstić information content (AvgIpc) is 2.68. The Balaban J connectivity index is 1.98. The van der Waals surface area contributed by atoms with Gasteiger partial charge in [-0.05, 0) is 31.4 Å². The minimum absolute atomic E-state index is 0.0918. The van der Waals surface area contributed by atoms with Crippen LogP contribution in [0.25, 0.3) is 0 Å². The number of piperidine rings is 1. The first kappa shape index (κ1) is 23.0. The molecule has 0 bridgehead atoms. The van der Waals surface area contributed by atoms with Crippen molar-refractivity contribution in [2.45, 2.75) is 45.2 Å². The molecule has 0 aliphatic carbocycles. The lowest BCUT2D eigenvalue weighted by molar-refractivity contribution is -0.149. The molecule has 1 fully saturated rings. The predicted molar refractivity (Wildman–Crippen MR) is 107 cm³/mol. The van der Waals surface area contributed by atoms with Crippen molar-refractivity contribution in [3.05, 3.63) is 35.4 Å². The molecule has 1 aliphatic rings. The quantitative estimate of drug-likeness (QED) is 0.453. The summed E-state index contributed by atoms with van der Waals surface area (Å²) in [4.78, 5) is 18.3. The van der Waals surface area contributed by atoms with Crippen LogP contribution in [-0.2, 0) is 21.1 Å². The Hall–Kier alpha value is -2.25. The van der Waals surface area contributed by atoms with Crippen LogP contribution in [-0.4, -0.2) is 50.1 Å². The van der Waals surface area contributed by atoms with E-state index in [4.69, 9.17) is 4.74 Å². The number of benzene rings is 1. The van der Waals surface area contributed by atoms with Crippen molar-refractivity contribution in [1.29, 1.82) is 0 Å². The lowest BCUT2D eigenvalue weighted by Gasteiger charge is -2.35. The van der Waals surface area contributed by atoms with Crippen molar-refractivity contribution in [3.8, 4) is 0 Å². The van der Waals surface area contributed by atoms with E-state index in [0.29, 0.717) is 50.6 Å². The number of alkyl halides is 3. The van der Waals surface area contributed by atoms with Crippen LogP contribution in [0.2, 0.25) is 0 Å². The highest BCUT2D eigenvalue weighted by Crippen LogP contribution is 2.32. The maximum Gasteiger partial charge on any atom is 0.416 e. The van der Waals surface area contributed by atoms with E-state index in [1.807, 2.05) is 13.8 Å². The number of carbonyl (C=O) groups is 1. The Morgan fingerprint density at radius 3 is 2.41 bits per heavy atom. The Morgan fingerprint density at radius 2 is 1.86 bits per heavy atom. The predicted octanol–water partition coefficient (Wildman–Crippen LogP) is 3.83. The van der Waals surface area contributed by atoms with Crippen molar-refractivity contribution in [2.24, 2.45) is 10.9 Å². The molecule has 1 heterocycles. The summed E-state index contributed by atoms with van der Waals surface area (Å²) in [5.74, 6) is 0.444. The lowest BCUT2D eigenvalue weighted by Crippen LogP contribution is -2.49. The number of guanidine groups is 1. The number of carbonyl (C=O) groups excluding carboxylic acids is 1. The third-order valence-corrected chi connectivity index (χ3v) is 5.29. The SMILES string of the molecule is CCOC(=O)C1CCN(C(=NC)NCC(C)(C)c2cccc(C(F)(F)F)c2)CC1. The second-order valence-electron chi connectivity index (χ2n) is 7.88. The molecule has 0 radical (unpaired) electrons. The van der Waals surface area contributed by atoms with Crippen LogP contribution in [0, 0.1) is 5.92 Å². The number of hydrogen-bond acceptors (Lipinski definition) is 3. The topological polar surface area (TPSA) is 53.9 Å². The minimum Gasteiger partial charge on any atom is -0.466 e. The summed E-state index contributed by atoms with van der Waals surface area (Å²) < 4.78 is 44.2. The van der Waals surface area contributed by atoms with Gasteiger partial charge in [-0.3, -0.25) is 9.79 Å². The number of rotatable bonds is 5. The van der Waals surface area contributed by atoms with Gasteiger partial charge in [-0.15, -0.1) is 0 Å². The molecule has 0 atom stereocenters. The van der Waals surface area contributed by atoms with Gasteiger partial charge in [0.15, 0.2) is 5.96 Å². The van der Waals surface area contributed by atoms with Crippen molar-refractivity contribution in [1.82, 2.24) is 10.2 Å². The van der Waals surface area contributed by atoms with Gasteiger partial charge in [-0.25, -0.2) is 0 Å². The van der Waals surface area contributed by atoms with Crippen molar-refractivity contribution >= 4 is 11.9 Å². The van der Waals surface area contributed by atoms with Gasteiger partial charge in [0.2, 0.25) is 0 Å². The second-order valence-corrected chi connectivity index (χ2v) is 7.88. The van der Waals surface area contributed by atoms with Gasteiger partial charge in [0.05, 0.1) is 18.1 Å². The fraction of sp³-hybridized carbons (Fsp3) is 0.619.